The van der Waals surface area contributed by atoms with E-state index in [0.29, 0.717) is 5.69 Å². The summed E-state index contributed by atoms with van der Waals surface area (Å²) >= 11 is 0. The molecule has 16 heteroatoms. The minimum absolute atomic E-state index is 0.184. The van der Waals surface area contributed by atoms with Crippen molar-refractivity contribution in [2.24, 2.45) is 5.73 Å². The van der Waals surface area contributed by atoms with E-state index in [4.69, 9.17) is 21.1 Å². The number of hydrogen-bond donors (Lipinski definition) is 9. The van der Waals surface area contributed by atoms with Crippen LogP contribution in [0.5, 0.6) is 0 Å². The van der Waals surface area contributed by atoms with Gasteiger partial charge < -0.3 is 47.1 Å². The molecule has 0 aliphatic carbocycles. The van der Waals surface area contributed by atoms with E-state index < -0.39 is 92.1 Å². The topological polar surface area (TPSA) is 274 Å². The van der Waals surface area contributed by atoms with Gasteiger partial charge in [-0.15, -0.1) is 0 Å². The fourth-order valence-electron chi connectivity index (χ4n) is 2.80. The fraction of sp³-hybridized carbons (Fsp3) is 0.526. The van der Waals surface area contributed by atoms with Crippen molar-refractivity contribution in [3.05, 3.63) is 18.2 Å². The number of carbonyl (C=O) groups is 6. The highest BCUT2D eigenvalue weighted by Gasteiger charge is 2.31. The van der Waals surface area contributed by atoms with Gasteiger partial charge in [-0.1, -0.05) is 0 Å². The Morgan fingerprint density at radius 1 is 0.857 bits per heavy atom. The molecule has 0 aromatic carbocycles. The number of nitrogens with zero attached hydrogens (tertiary/aromatic N) is 1. The van der Waals surface area contributed by atoms with Gasteiger partial charge in [0.15, 0.2) is 0 Å². The molecular weight excluding hydrogens is 472 g/mol. The molecule has 0 radical (unpaired) electrons. The average molecular weight is 500 g/mol. The van der Waals surface area contributed by atoms with Crippen LogP contribution in [0.3, 0.4) is 0 Å². The largest absolute Gasteiger partial charge is 0.481 e. The zero-order valence-corrected chi connectivity index (χ0v) is 18.5. The lowest BCUT2D eigenvalue weighted by Gasteiger charge is -2.24. The summed E-state index contributed by atoms with van der Waals surface area (Å²) in [4.78, 5) is 77.4. The number of imidazole rings is 1. The predicted octanol–water partition coefficient (Wildman–Crippen LogP) is -3.46. The molecule has 1 heterocycles. The third-order valence-electron chi connectivity index (χ3n) is 4.69. The first-order valence-electron chi connectivity index (χ1n) is 10.4. The Morgan fingerprint density at radius 3 is 1.74 bits per heavy atom. The highest BCUT2D eigenvalue weighted by Crippen LogP contribution is 2.06. The summed E-state index contributed by atoms with van der Waals surface area (Å²) < 4.78 is 0. The van der Waals surface area contributed by atoms with Crippen LogP contribution in [-0.2, 0) is 35.2 Å². The van der Waals surface area contributed by atoms with Crippen molar-refractivity contribution >= 4 is 35.6 Å². The number of hydrogen-bond acceptors (Lipinski definition) is 9. The van der Waals surface area contributed by atoms with E-state index in [9.17, 15) is 33.9 Å². The maximum absolute atomic E-state index is 12.8. The lowest BCUT2D eigenvalue weighted by molar-refractivity contribution is -0.143. The number of aliphatic hydroxyl groups excluding tert-OH is 1. The van der Waals surface area contributed by atoms with Crippen LogP contribution in [-0.4, -0.2) is 96.8 Å². The summed E-state index contributed by atoms with van der Waals surface area (Å²) in [6.45, 7) is -0.754. The number of nitrogens with two attached hydrogens (primary N) is 1. The Balaban J connectivity index is 3.02. The van der Waals surface area contributed by atoms with E-state index in [1.165, 1.54) is 12.5 Å². The predicted molar refractivity (Wildman–Crippen MR) is 115 cm³/mol. The molecule has 3 amide bonds. The molecule has 0 saturated carbocycles. The molecule has 0 bridgehead atoms. The normalized spacial score (nSPS) is 14.1. The van der Waals surface area contributed by atoms with E-state index in [2.05, 4.69) is 25.9 Å². The van der Waals surface area contributed by atoms with E-state index >= 15 is 0 Å². The van der Waals surface area contributed by atoms with Gasteiger partial charge in [0.25, 0.3) is 0 Å². The van der Waals surface area contributed by atoms with Crippen molar-refractivity contribution in [2.75, 3.05) is 6.61 Å². The van der Waals surface area contributed by atoms with Crippen molar-refractivity contribution in [1.29, 1.82) is 0 Å². The number of aliphatic carboxylic acids is 3. The molecule has 0 aliphatic heterocycles. The number of carbonyl (C=O) groups excluding carboxylic acids is 3. The zero-order valence-electron chi connectivity index (χ0n) is 18.5. The van der Waals surface area contributed by atoms with Crippen molar-refractivity contribution < 1.29 is 49.2 Å². The Morgan fingerprint density at radius 2 is 1.34 bits per heavy atom. The first kappa shape index (κ1) is 29.0. The van der Waals surface area contributed by atoms with Gasteiger partial charge in [0, 0.05) is 31.2 Å². The summed E-state index contributed by atoms with van der Waals surface area (Å²) in [5, 5.41) is 42.9. The van der Waals surface area contributed by atoms with Gasteiger partial charge in [0.2, 0.25) is 17.7 Å². The molecule has 0 spiro atoms. The first-order valence-corrected chi connectivity index (χ1v) is 10.4. The molecule has 1 aromatic heterocycles. The van der Waals surface area contributed by atoms with Crippen LogP contribution in [0.15, 0.2) is 12.5 Å². The second-order valence-electron chi connectivity index (χ2n) is 7.46. The Labute approximate surface area is 198 Å². The maximum Gasteiger partial charge on any atom is 0.326 e. The molecule has 4 atom stereocenters. The number of aromatic amines is 1. The molecule has 1 rings (SSSR count). The molecule has 0 aliphatic rings. The van der Waals surface area contributed by atoms with Gasteiger partial charge >= 0.3 is 17.9 Å². The number of carboxylic acids is 3. The second-order valence-corrected chi connectivity index (χ2v) is 7.46. The molecular formula is C19H28N6O10. The molecule has 35 heavy (non-hydrogen) atoms. The molecule has 16 nitrogen and oxygen atoms in total. The standard InChI is InChI=1S/C19H28N6O10/c20-10(7-26)16(31)23-11(1-3-14(27)28)17(32)24-12(2-4-15(29)30)18(33)25-13(19(34)35)5-9-6-21-8-22-9/h6,8,10-13,26H,1-5,7,20H2,(H,21,22)(H,23,31)(H,24,32)(H,25,33)(H,27,28)(H,29,30)(H,34,35). The lowest BCUT2D eigenvalue weighted by Crippen LogP contribution is -2.57. The average Bonchev–Trinajstić information content (AvgIpc) is 3.30. The Kier molecular flexibility index (Phi) is 11.8. The number of carboxylic acid groups (broad SMARTS) is 3. The molecule has 4 unspecified atom stereocenters. The first-order chi connectivity index (χ1) is 16.4. The summed E-state index contributed by atoms with van der Waals surface area (Å²) in [5.74, 6) is -6.99. The monoisotopic (exact) mass is 500 g/mol. The van der Waals surface area contributed by atoms with Gasteiger partial charge in [0.1, 0.15) is 24.2 Å². The third kappa shape index (κ3) is 10.6. The summed E-state index contributed by atoms with van der Waals surface area (Å²) in [6, 6.07) is -5.87. The van der Waals surface area contributed by atoms with Crippen LogP contribution in [0.4, 0.5) is 0 Å². The second kappa shape index (κ2) is 14.3. The number of aromatic nitrogens is 2. The summed E-state index contributed by atoms with van der Waals surface area (Å²) in [5.41, 5.74) is 5.78. The molecule has 0 fully saturated rings. The van der Waals surface area contributed by atoms with Crippen molar-refractivity contribution in [2.45, 2.75) is 56.3 Å². The number of rotatable bonds is 16. The number of H-pyrrole nitrogens is 1. The van der Waals surface area contributed by atoms with E-state index in [0.717, 1.165) is 0 Å². The zero-order chi connectivity index (χ0) is 26.5. The van der Waals surface area contributed by atoms with E-state index in [-0.39, 0.29) is 6.42 Å². The molecule has 0 saturated heterocycles. The van der Waals surface area contributed by atoms with Gasteiger partial charge in [0.05, 0.1) is 12.9 Å². The smallest absolute Gasteiger partial charge is 0.326 e. The molecule has 1 aromatic rings. The Bertz CT molecular complexity index is 906. The van der Waals surface area contributed by atoms with Crippen molar-refractivity contribution in [3.8, 4) is 0 Å². The van der Waals surface area contributed by atoms with Crippen molar-refractivity contribution in [1.82, 2.24) is 25.9 Å². The summed E-state index contributed by atoms with van der Waals surface area (Å²) in [7, 11) is 0. The minimum Gasteiger partial charge on any atom is -0.481 e. The van der Waals surface area contributed by atoms with Gasteiger partial charge in [-0.05, 0) is 12.8 Å². The van der Waals surface area contributed by atoms with Crippen molar-refractivity contribution in [3.63, 3.8) is 0 Å². The Hall–Kier alpha value is -4.05. The van der Waals surface area contributed by atoms with Gasteiger partial charge in [-0.3, -0.25) is 24.0 Å². The maximum atomic E-state index is 12.8. The molecule has 194 valence electrons. The van der Waals surface area contributed by atoms with Crippen LogP contribution in [0.2, 0.25) is 0 Å². The van der Waals surface area contributed by atoms with E-state index in [1.807, 2.05) is 0 Å². The number of nitrogens with one attached hydrogen (secondary N) is 4. The highest BCUT2D eigenvalue weighted by molar-refractivity contribution is 5.94. The van der Waals surface area contributed by atoms with Crippen LogP contribution >= 0.6 is 0 Å². The number of amides is 3. The van der Waals surface area contributed by atoms with Crippen LogP contribution in [0.1, 0.15) is 31.4 Å². The number of aliphatic hydroxyl groups is 1. The molecule has 10 N–H and O–H groups in total. The van der Waals surface area contributed by atoms with Crippen LogP contribution in [0.25, 0.3) is 0 Å². The van der Waals surface area contributed by atoms with E-state index in [1.54, 1.807) is 0 Å². The van der Waals surface area contributed by atoms with Crippen LogP contribution < -0.4 is 21.7 Å². The SMILES string of the molecule is NC(CO)C(=O)NC(CCC(=O)O)C(=O)NC(CCC(=O)O)C(=O)NC(Cc1cnc[nH]1)C(=O)O. The third-order valence-corrected chi connectivity index (χ3v) is 4.69. The van der Waals surface area contributed by atoms with Gasteiger partial charge in [-0.25, -0.2) is 9.78 Å². The van der Waals surface area contributed by atoms with Crippen LogP contribution in [0, 0.1) is 0 Å². The minimum atomic E-state index is -1.53. The lowest BCUT2D eigenvalue weighted by atomic mass is 10.1. The quantitative estimate of drug-likeness (QED) is 0.107. The highest BCUT2D eigenvalue weighted by atomic mass is 16.4. The van der Waals surface area contributed by atoms with Gasteiger partial charge in [-0.2, -0.15) is 0 Å². The summed E-state index contributed by atoms with van der Waals surface area (Å²) in [6.07, 6.45) is 0.507. The fourth-order valence-corrected chi connectivity index (χ4v) is 2.80.